The van der Waals surface area contributed by atoms with Crippen molar-refractivity contribution in [2.24, 2.45) is 0 Å². The van der Waals surface area contributed by atoms with Gasteiger partial charge in [-0.1, -0.05) is 5.57 Å². The van der Waals surface area contributed by atoms with Crippen molar-refractivity contribution >= 4 is 0 Å². The first-order valence-electron chi connectivity index (χ1n) is 4.89. The minimum Gasteiger partial charge on any atom is -0.373 e. The minimum atomic E-state index is 1.23. The van der Waals surface area contributed by atoms with Gasteiger partial charge in [-0.25, -0.2) is 0 Å². The van der Waals surface area contributed by atoms with Gasteiger partial charge in [-0.2, -0.15) is 0 Å². The van der Waals surface area contributed by atoms with E-state index in [0.717, 1.165) is 0 Å². The molecule has 0 spiro atoms. The second-order valence-electron chi connectivity index (χ2n) is 3.98. The third-order valence-corrected chi connectivity index (χ3v) is 2.99. The average Bonchev–Trinajstić information content (AvgIpc) is 2.87. The van der Waals surface area contributed by atoms with Crippen LogP contribution in [-0.2, 0) is 0 Å². The molecule has 1 saturated carbocycles. The maximum Gasteiger partial charge on any atom is 0.0303 e. The predicted molar refractivity (Wildman–Crippen MR) is 51.0 cm³/mol. The highest BCUT2D eigenvalue weighted by Gasteiger charge is 2.21. The third-order valence-electron chi connectivity index (χ3n) is 2.99. The van der Waals surface area contributed by atoms with Gasteiger partial charge in [0.1, 0.15) is 0 Å². The Morgan fingerprint density at radius 2 is 1.67 bits per heavy atom. The van der Waals surface area contributed by atoms with Crippen LogP contribution in [0.15, 0.2) is 11.3 Å². The zero-order chi connectivity index (χ0) is 8.55. The van der Waals surface area contributed by atoms with Gasteiger partial charge in [-0.05, 0) is 26.8 Å². The largest absolute Gasteiger partial charge is 0.373 e. The van der Waals surface area contributed by atoms with E-state index in [1.807, 2.05) is 0 Å². The maximum absolute atomic E-state index is 2.54. The van der Waals surface area contributed by atoms with Crippen molar-refractivity contribution in [1.29, 1.82) is 0 Å². The fourth-order valence-corrected chi connectivity index (χ4v) is 1.79. The molecular weight excluding hydrogens is 148 g/mol. The van der Waals surface area contributed by atoms with E-state index in [0.29, 0.717) is 0 Å². The molecule has 68 valence electrons. The maximum atomic E-state index is 2.54. The normalized spacial score (nSPS) is 24.5. The number of hydrogen-bond acceptors (Lipinski definition) is 2. The first kappa shape index (κ1) is 8.11. The van der Waals surface area contributed by atoms with Crippen molar-refractivity contribution in [3.8, 4) is 0 Å². The van der Waals surface area contributed by atoms with E-state index in [1.165, 1.54) is 39.0 Å². The first-order valence-corrected chi connectivity index (χ1v) is 4.89. The first-order chi connectivity index (χ1) is 5.77. The Balaban J connectivity index is 1.93. The van der Waals surface area contributed by atoms with Crippen molar-refractivity contribution in [3.63, 3.8) is 0 Å². The fourth-order valence-electron chi connectivity index (χ4n) is 1.79. The predicted octanol–water partition coefficient (Wildman–Crippen LogP) is 1.30. The summed E-state index contributed by atoms with van der Waals surface area (Å²) in [4.78, 5) is 4.95. The van der Waals surface area contributed by atoms with Crippen LogP contribution in [0.25, 0.3) is 0 Å². The highest BCUT2D eigenvalue weighted by atomic mass is 15.2. The van der Waals surface area contributed by atoms with E-state index in [-0.39, 0.29) is 0 Å². The SMILES string of the molecule is CC(=C1CC1)N1CCN(C)CC1. The molecule has 0 unspecified atom stereocenters. The van der Waals surface area contributed by atoms with E-state index in [9.17, 15) is 0 Å². The van der Waals surface area contributed by atoms with Crippen molar-refractivity contribution in [2.45, 2.75) is 19.8 Å². The van der Waals surface area contributed by atoms with Crippen LogP contribution in [-0.4, -0.2) is 43.0 Å². The van der Waals surface area contributed by atoms with Gasteiger partial charge in [0.25, 0.3) is 0 Å². The molecule has 0 atom stereocenters. The zero-order valence-corrected chi connectivity index (χ0v) is 8.14. The quantitative estimate of drug-likeness (QED) is 0.579. The molecular formula is C10H18N2. The molecule has 0 bridgehead atoms. The van der Waals surface area contributed by atoms with E-state index >= 15 is 0 Å². The summed E-state index contributed by atoms with van der Waals surface area (Å²) in [6, 6.07) is 0. The molecule has 1 aliphatic carbocycles. The van der Waals surface area contributed by atoms with Gasteiger partial charge in [-0.15, -0.1) is 0 Å². The monoisotopic (exact) mass is 166 g/mol. The van der Waals surface area contributed by atoms with Crippen molar-refractivity contribution < 1.29 is 0 Å². The van der Waals surface area contributed by atoms with Crippen LogP contribution in [0.4, 0.5) is 0 Å². The molecule has 0 aromatic heterocycles. The van der Waals surface area contributed by atoms with Gasteiger partial charge in [0.15, 0.2) is 0 Å². The summed E-state index contributed by atoms with van der Waals surface area (Å²) in [6.07, 6.45) is 2.72. The Hall–Kier alpha value is -0.500. The summed E-state index contributed by atoms with van der Waals surface area (Å²) in [6.45, 7) is 7.20. The standard InChI is InChI=1S/C10H18N2/c1-9(10-3-4-10)12-7-5-11(2)6-8-12/h3-8H2,1-2H3. The summed E-state index contributed by atoms with van der Waals surface area (Å²) in [5, 5.41) is 0. The Morgan fingerprint density at radius 1 is 1.08 bits per heavy atom. The molecule has 1 heterocycles. The lowest BCUT2D eigenvalue weighted by atomic mass is 10.3. The number of hydrogen-bond donors (Lipinski definition) is 0. The van der Waals surface area contributed by atoms with E-state index < -0.39 is 0 Å². The van der Waals surface area contributed by atoms with E-state index in [2.05, 4.69) is 23.8 Å². The molecule has 1 aliphatic heterocycles. The van der Waals surface area contributed by atoms with Gasteiger partial charge >= 0.3 is 0 Å². The molecule has 1 saturated heterocycles. The van der Waals surface area contributed by atoms with Crippen LogP contribution in [0, 0.1) is 0 Å². The molecule has 0 amide bonds. The van der Waals surface area contributed by atoms with Gasteiger partial charge in [0.05, 0.1) is 0 Å². The Labute approximate surface area is 74.8 Å². The highest BCUT2D eigenvalue weighted by Crippen LogP contribution is 2.32. The summed E-state index contributed by atoms with van der Waals surface area (Å²) >= 11 is 0. The molecule has 2 fully saturated rings. The zero-order valence-electron chi connectivity index (χ0n) is 8.14. The second-order valence-corrected chi connectivity index (χ2v) is 3.98. The number of allylic oxidation sites excluding steroid dienone is 2. The van der Waals surface area contributed by atoms with Crippen molar-refractivity contribution in [1.82, 2.24) is 9.80 Å². The molecule has 12 heavy (non-hydrogen) atoms. The van der Waals surface area contributed by atoms with Crippen LogP contribution >= 0.6 is 0 Å². The van der Waals surface area contributed by atoms with Crippen LogP contribution < -0.4 is 0 Å². The minimum absolute atomic E-state index is 1.23. The van der Waals surface area contributed by atoms with E-state index in [1.54, 1.807) is 11.3 Å². The average molecular weight is 166 g/mol. The molecule has 2 heteroatoms. The summed E-state index contributed by atoms with van der Waals surface area (Å²) < 4.78 is 0. The molecule has 2 aliphatic rings. The van der Waals surface area contributed by atoms with Crippen LogP contribution in [0.1, 0.15) is 19.8 Å². The Bertz CT molecular complexity index is 194. The molecule has 0 aromatic rings. The molecule has 0 aromatic carbocycles. The number of likely N-dealkylation sites (N-methyl/N-ethyl adjacent to an activating group) is 1. The molecule has 0 radical (unpaired) electrons. The highest BCUT2D eigenvalue weighted by molar-refractivity contribution is 5.23. The third kappa shape index (κ3) is 1.63. The van der Waals surface area contributed by atoms with Crippen molar-refractivity contribution in [2.75, 3.05) is 33.2 Å². The van der Waals surface area contributed by atoms with Gasteiger partial charge in [0.2, 0.25) is 0 Å². The Morgan fingerprint density at radius 3 is 2.17 bits per heavy atom. The van der Waals surface area contributed by atoms with Crippen LogP contribution in [0.5, 0.6) is 0 Å². The smallest absolute Gasteiger partial charge is 0.0303 e. The van der Waals surface area contributed by atoms with Gasteiger partial charge < -0.3 is 9.80 Å². The molecule has 0 N–H and O–H groups in total. The van der Waals surface area contributed by atoms with E-state index in [4.69, 9.17) is 0 Å². The second kappa shape index (κ2) is 3.09. The lowest BCUT2D eigenvalue weighted by molar-refractivity contribution is 0.186. The number of rotatable bonds is 1. The number of piperazine rings is 1. The number of nitrogens with zero attached hydrogens (tertiary/aromatic N) is 2. The summed E-state index contributed by atoms with van der Waals surface area (Å²) in [5.41, 5.74) is 3.27. The topological polar surface area (TPSA) is 6.48 Å². The van der Waals surface area contributed by atoms with Gasteiger partial charge in [0, 0.05) is 31.9 Å². The summed E-state index contributed by atoms with van der Waals surface area (Å²) in [5.74, 6) is 0. The van der Waals surface area contributed by atoms with Gasteiger partial charge in [-0.3, -0.25) is 0 Å². The lowest BCUT2D eigenvalue weighted by Gasteiger charge is -2.34. The van der Waals surface area contributed by atoms with Crippen LogP contribution in [0.3, 0.4) is 0 Å². The summed E-state index contributed by atoms with van der Waals surface area (Å²) in [7, 11) is 2.21. The molecule has 2 rings (SSSR count). The fraction of sp³-hybridized carbons (Fsp3) is 0.800. The Kier molecular flexibility index (Phi) is 2.09. The lowest BCUT2D eigenvalue weighted by Crippen LogP contribution is -2.43. The van der Waals surface area contributed by atoms with Crippen LogP contribution in [0.2, 0.25) is 0 Å². The molecule has 2 nitrogen and oxygen atoms in total. The van der Waals surface area contributed by atoms with Crippen molar-refractivity contribution in [3.05, 3.63) is 11.3 Å².